The van der Waals surface area contributed by atoms with Crippen molar-refractivity contribution >= 4 is 43.2 Å². The van der Waals surface area contributed by atoms with Crippen molar-refractivity contribution in [2.45, 2.75) is 67.2 Å². The Morgan fingerprint density at radius 1 is 0.667 bits per heavy atom. The van der Waals surface area contributed by atoms with Crippen LogP contribution < -0.4 is 0 Å². The van der Waals surface area contributed by atoms with Crippen LogP contribution in [0, 0.1) is 0 Å². The minimum Gasteiger partial charge on any atom is -0.434 e. The Labute approximate surface area is 205 Å². The second kappa shape index (κ2) is 23.2. The summed E-state index contributed by atoms with van der Waals surface area (Å²) in [7, 11) is 0. The van der Waals surface area contributed by atoms with Gasteiger partial charge in [-0.25, -0.2) is 9.11 Å². The number of carbonyl (C=O) groups excluding carboxylic acids is 1. The van der Waals surface area contributed by atoms with Crippen LogP contribution in [0.25, 0.3) is 0 Å². The predicted molar refractivity (Wildman–Crippen MR) is 123 cm³/mol. The van der Waals surface area contributed by atoms with Crippen LogP contribution in [-0.4, -0.2) is 45.8 Å². The van der Waals surface area contributed by atoms with Crippen LogP contribution in [-0.2, 0) is 75.0 Å². The van der Waals surface area contributed by atoms with E-state index in [0.29, 0.717) is 39.6 Å². The molecule has 0 aromatic rings. The van der Waals surface area contributed by atoms with Gasteiger partial charge in [-0.3, -0.25) is 0 Å². The molecule has 0 saturated heterocycles. The molecule has 0 atom stereocenters. The third-order valence-electron chi connectivity index (χ3n) is 2.78. The second-order valence-corrected chi connectivity index (χ2v) is 11.5. The molecule has 0 rings (SSSR count). The number of carbonyl (C=O) groups is 1. The van der Waals surface area contributed by atoms with E-state index in [0.717, 1.165) is 25.7 Å². The molecule has 0 aromatic heterocycles. The third-order valence-corrected chi connectivity index (χ3v) is 9.15. The molecule has 0 radical (unpaired) electrons. The van der Waals surface area contributed by atoms with E-state index in [4.69, 9.17) is 55.5 Å². The summed E-state index contributed by atoms with van der Waals surface area (Å²) in [6, 6.07) is 0. The molecule has 0 aromatic carbocycles. The normalized spacial score (nSPS) is 11.1. The van der Waals surface area contributed by atoms with Gasteiger partial charge in [-0.1, -0.05) is 26.7 Å². The zero-order chi connectivity index (χ0) is 22.6. The van der Waals surface area contributed by atoms with Crippen LogP contribution in [0.1, 0.15) is 67.2 Å². The summed E-state index contributed by atoms with van der Waals surface area (Å²) in [5.41, 5.74) is 0. The van der Waals surface area contributed by atoms with Gasteiger partial charge in [0.25, 0.3) is 0 Å². The topological polar surface area (TPSA) is 81.7 Å². The van der Waals surface area contributed by atoms with Gasteiger partial charge in [0.15, 0.2) is 0 Å². The molecule has 0 amide bonds. The van der Waals surface area contributed by atoms with Crippen molar-refractivity contribution in [2.24, 2.45) is 0 Å². The van der Waals surface area contributed by atoms with Gasteiger partial charge in [-0.2, -0.15) is 0 Å². The molecular formula is C17H38O8P2S2Zn. The van der Waals surface area contributed by atoms with E-state index in [1.54, 1.807) is 0 Å². The van der Waals surface area contributed by atoms with Crippen LogP contribution in [0.4, 0.5) is 4.79 Å². The summed E-state index contributed by atoms with van der Waals surface area (Å²) < 4.78 is 36.4. The monoisotopic (exact) mass is 560 g/mol. The fourth-order valence-corrected chi connectivity index (χ4v) is 7.94. The Bertz CT molecular complexity index is 440. The maximum atomic E-state index is 10.7. The fraction of sp³-hybridized carbons (Fsp3) is 0.941. The number of ether oxygens (including phenoxy) is 2. The summed E-state index contributed by atoms with van der Waals surface area (Å²) in [4.78, 5) is 10.7. The maximum Gasteiger partial charge on any atom is 0.508 e. The quantitative estimate of drug-likeness (QED) is 0.0922. The van der Waals surface area contributed by atoms with E-state index in [-0.39, 0.29) is 19.5 Å². The van der Waals surface area contributed by atoms with E-state index >= 15 is 0 Å². The van der Waals surface area contributed by atoms with E-state index < -0.39 is 19.6 Å². The molecule has 0 heterocycles. The number of rotatable bonds is 16. The molecule has 0 unspecified atom stereocenters. The molecule has 0 aliphatic rings. The molecule has 0 bridgehead atoms. The van der Waals surface area contributed by atoms with Gasteiger partial charge in [-0.05, 0) is 64.2 Å². The molecule has 0 spiro atoms. The molecule has 0 aliphatic carbocycles. The molecule has 0 fully saturated rings. The van der Waals surface area contributed by atoms with Crippen molar-refractivity contribution < 1.29 is 56.2 Å². The Morgan fingerprint density at radius 2 is 0.967 bits per heavy atom. The zero-order valence-electron chi connectivity index (χ0n) is 19.3. The zero-order valence-corrected chi connectivity index (χ0v) is 25.6. The second-order valence-electron chi connectivity index (χ2n) is 5.30. The smallest absolute Gasteiger partial charge is 0.434 e. The van der Waals surface area contributed by atoms with Crippen molar-refractivity contribution in [1.82, 2.24) is 0 Å². The van der Waals surface area contributed by atoms with Crippen LogP contribution >= 0.6 is 13.4 Å². The van der Waals surface area contributed by atoms with Gasteiger partial charge >= 0.3 is 19.6 Å². The number of unbranched alkanes of at least 4 members (excludes halogenated alkanes) is 2. The molecule has 0 N–H and O–H groups in total. The van der Waals surface area contributed by atoms with Gasteiger partial charge in [0.2, 0.25) is 0 Å². The van der Waals surface area contributed by atoms with Gasteiger partial charge in [0.05, 0.1) is 39.6 Å². The molecule has 178 valence electrons. The molecule has 8 nitrogen and oxygen atoms in total. The van der Waals surface area contributed by atoms with Crippen molar-refractivity contribution in [3.05, 3.63) is 0 Å². The van der Waals surface area contributed by atoms with Gasteiger partial charge in [0.1, 0.15) is 0 Å². The summed E-state index contributed by atoms with van der Waals surface area (Å²) >= 11 is 10.4. The summed E-state index contributed by atoms with van der Waals surface area (Å²) in [6.07, 6.45) is 3.34. The maximum absolute atomic E-state index is 10.7. The van der Waals surface area contributed by atoms with Crippen molar-refractivity contribution in [1.29, 1.82) is 0 Å². The molecule has 0 saturated carbocycles. The van der Waals surface area contributed by atoms with E-state index in [2.05, 4.69) is 0 Å². The number of hydrogen-bond acceptors (Lipinski definition) is 10. The first-order valence-electron chi connectivity index (χ1n) is 10.0. The largest absolute Gasteiger partial charge is 0.508 e. The Hall–Kier alpha value is 0.993. The van der Waals surface area contributed by atoms with Crippen LogP contribution in [0.2, 0.25) is 0 Å². The summed E-state index contributed by atoms with van der Waals surface area (Å²) in [6.45, 7) is 8.13. The average molecular weight is 562 g/mol. The third kappa shape index (κ3) is 20.9. The van der Waals surface area contributed by atoms with Crippen LogP contribution in [0.3, 0.4) is 0 Å². The minimum absolute atomic E-state index is 0. The van der Waals surface area contributed by atoms with Gasteiger partial charge in [-0.15, -0.1) is 0 Å². The first kappa shape index (κ1) is 35.6. The van der Waals surface area contributed by atoms with E-state index in [1.165, 1.54) is 0 Å². The molecular weight excluding hydrogens is 524 g/mol. The summed E-state index contributed by atoms with van der Waals surface area (Å²) in [5, 5.41) is 0. The van der Waals surface area contributed by atoms with Crippen molar-refractivity contribution in [3.8, 4) is 0 Å². The van der Waals surface area contributed by atoms with Gasteiger partial charge in [0, 0.05) is 19.5 Å². The van der Waals surface area contributed by atoms with Crippen molar-refractivity contribution in [3.63, 3.8) is 0 Å². The molecule has 30 heavy (non-hydrogen) atoms. The SMILES string of the molecule is CCCCOC(=O)OCCCC.CCOP(=S)(OCC)OP(=S)(OCC)OCC.[Zn]. The molecule has 13 heteroatoms. The molecule has 0 aliphatic heterocycles. The predicted octanol–water partition coefficient (Wildman–Crippen LogP) is 6.34. The average Bonchev–Trinajstić information content (AvgIpc) is 2.63. The van der Waals surface area contributed by atoms with Crippen LogP contribution in [0.15, 0.2) is 0 Å². The standard InChI is InChI=1S/C9H18O3.C8H20O5P2S2.Zn/c1-3-5-7-11-9(10)12-8-6-4-2;1-5-9-14(16,10-6-2)13-15(17,11-7-3)12-8-4;/h3-8H2,1-2H3;5-8H2,1-4H3;. The Balaban J connectivity index is -0.000000497. The van der Waals surface area contributed by atoms with E-state index in [9.17, 15) is 4.79 Å². The van der Waals surface area contributed by atoms with Crippen molar-refractivity contribution in [2.75, 3.05) is 39.6 Å². The Kier molecular flexibility index (Phi) is 27.5. The first-order chi connectivity index (χ1) is 13.8. The Morgan fingerprint density at radius 3 is 1.20 bits per heavy atom. The van der Waals surface area contributed by atoms with Gasteiger partial charge < -0.3 is 27.6 Å². The van der Waals surface area contributed by atoms with Crippen LogP contribution in [0.5, 0.6) is 0 Å². The van der Waals surface area contributed by atoms with E-state index in [1.807, 2.05) is 41.5 Å². The summed E-state index contributed by atoms with van der Waals surface area (Å²) in [5.74, 6) is 0. The minimum atomic E-state index is -2.87. The number of hydrogen-bond donors (Lipinski definition) is 0. The first-order valence-corrected chi connectivity index (χ1v) is 15.2. The fourth-order valence-electron chi connectivity index (χ4n) is 1.57.